The Morgan fingerprint density at radius 2 is 0.692 bits per heavy atom. The largest absolute Gasteiger partial charge is 0.394 e. The van der Waals surface area contributed by atoms with E-state index in [9.17, 15) is 40.9 Å². The first-order valence-corrected chi connectivity index (χ1v) is 15.0. The van der Waals surface area contributed by atoms with Crippen molar-refractivity contribution in [1.82, 2.24) is 4.90 Å². The highest BCUT2D eigenvalue weighted by atomic mass is 16.4. The smallest absolute Gasteiger partial charge is 0.111 e. The van der Waals surface area contributed by atoms with Gasteiger partial charge in [0.1, 0.15) is 36.6 Å². The Hall–Kier alpha value is -0.440. The van der Waals surface area contributed by atoms with Gasteiger partial charge < -0.3 is 51.1 Å². The SMILES string of the molecule is CCCCCCCCCCCCCCCCN(C[C@H](O)[C@@H](O)[C@@H](O)[C@H](O)CO)C[C@H](O)[C@@H](O)[C@@H](O)[C@H](O)CO. The molecule has 0 unspecified atom stereocenters. The van der Waals surface area contributed by atoms with Crippen LogP contribution in [0.1, 0.15) is 96.8 Å². The molecule has 0 fully saturated rings. The van der Waals surface area contributed by atoms with Crippen molar-refractivity contribution in [1.29, 1.82) is 0 Å². The third-order valence-electron chi connectivity index (χ3n) is 7.37. The van der Waals surface area contributed by atoms with E-state index in [0.717, 1.165) is 19.3 Å². The maximum absolute atomic E-state index is 10.4. The summed E-state index contributed by atoms with van der Waals surface area (Å²) >= 11 is 0. The second-order valence-corrected chi connectivity index (χ2v) is 11.0. The lowest BCUT2D eigenvalue weighted by molar-refractivity contribution is -0.130. The van der Waals surface area contributed by atoms with Crippen LogP contribution in [0.3, 0.4) is 0 Å². The number of rotatable bonds is 27. The first-order valence-electron chi connectivity index (χ1n) is 15.0. The Kier molecular flexibility index (Phi) is 23.9. The molecule has 0 rings (SSSR count). The van der Waals surface area contributed by atoms with E-state index in [1.54, 1.807) is 4.90 Å². The second kappa shape index (κ2) is 24.2. The first kappa shape index (κ1) is 38.6. The third kappa shape index (κ3) is 17.9. The van der Waals surface area contributed by atoms with Crippen LogP contribution in [0, 0.1) is 0 Å². The predicted molar refractivity (Wildman–Crippen MR) is 149 cm³/mol. The van der Waals surface area contributed by atoms with Gasteiger partial charge >= 0.3 is 0 Å². The molecular formula is C28H59NO10. The fraction of sp³-hybridized carbons (Fsp3) is 1.00. The van der Waals surface area contributed by atoms with Gasteiger partial charge in [0.15, 0.2) is 0 Å². The molecule has 0 aliphatic carbocycles. The van der Waals surface area contributed by atoms with E-state index in [4.69, 9.17) is 10.2 Å². The van der Waals surface area contributed by atoms with Gasteiger partial charge in [-0.3, -0.25) is 4.90 Å². The van der Waals surface area contributed by atoms with Crippen LogP contribution in [-0.4, -0.2) is 138 Å². The van der Waals surface area contributed by atoms with Crippen LogP contribution in [0.2, 0.25) is 0 Å². The zero-order valence-electron chi connectivity index (χ0n) is 24.0. The summed E-state index contributed by atoms with van der Waals surface area (Å²) in [4.78, 5) is 1.55. The van der Waals surface area contributed by atoms with Gasteiger partial charge in [-0.2, -0.15) is 0 Å². The standard InChI is InChI=1S/C28H59NO10/c1-2-3-4-5-6-7-8-9-10-11-12-13-14-15-16-29(17-21(32)25(36)27(38)23(34)19-30)18-22(33)26(37)28(39)24(35)20-31/h21-28,30-39H,2-20H2,1H3/t21-,22-,23+,24+,25+,26+,27-,28-/m0/s1. The molecule has 11 nitrogen and oxygen atoms in total. The van der Waals surface area contributed by atoms with Gasteiger partial charge in [-0.25, -0.2) is 0 Å². The van der Waals surface area contributed by atoms with Crippen molar-refractivity contribution < 1.29 is 51.1 Å². The first-order chi connectivity index (χ1) is 18.6. The van der Waals surface area contributed by atoms with Gasteiger partial charge in [0.05, 0.1) is 25.4 Å². The van der Waals surface area contributed by atoms with Crippen molar-refractivity contribution >= 4 is 0 Å². The van der Waals surface area contributed by atoms with Crippen molar-refractivity contribution in [2.75, 3.05) is 32.8 Å². The molecule has 0 saturated carbocycles. The lowest BCUT2D eigenvalue weighted by Gasteiger charge is -2.33. The van der Waals surface area contributed by atoms with Gasteiger partial charge in [0, 0.05) is 13.1 Å². The van der Waals surface area contributed by atoms with E-state index in [2.05, 4.69) is 6.92 Å². The van der Waals surface area contributed by atoms with E-state index in [0.29, 0.717) is 13.0 Å². The number of nitrogens with zero attached hydrogens (tertiary/aromatic N) is 1. The predicted octanol–water partition coefficient (Wildman–Crippen LogP) is -0.358. The fourth-order valence-electron chi connectivity index (χ4n) is 4.66. The summed E-state index contributed by atoms with van der Waals surface area (Å²) in [6.07, 6.45) is 3.12. The number of aliphatic hydroxyl groups is 10. The molecule has 0 aromatic heterocycles. The van der Waals surface area contributed by atoms with Gasteiger partial charge in [0.25, 0.3) is 0 Å². The van der Waals surface area contributed by atoms with Crippen LogP contribution in [-0.2, 0) is 0 Å². The fourth-order valence-corrected chi connectivity index (χ4v) is 4.66. The number of hydrogen-bond donors (Lipinski definition) is 10. The highest BCUT2D eigenvalue weighted by Gasteiger charge is 2.34. The summed E-state index contributed by atoms with van der Waals surface area (Å²) in [6, 6.07) is 0. The summed E-state index contributed by atoms with van der Waals surface area (Å²) in [5, 5.41) is 97.9. The van der Waals surface area contributed by atoms with E-state index in [-0.39, 0.29) is 13.1 Å². The molecule has 0 saturated heterocycles. The number of hydrogen-bond acceptors (Lipinski definition) is 11. The van der Waals surface area contributed by atoms with Crippen LogP contribution in [0.5, 0.6) is 0 Å². The van der Waals surface area contributed by atoms with Crippen LogP contribution in [0.4, 0.5) is 0 Å². The normalized spacial score (nSPS) is 18.5. The quantitative estimate of drug-likeness (QED) is 0.0578. The van der Waals surface area contributed by atoms with Crippen LogP contribution >= 0.6 is 0 Å². The van der Waals surface area contributed by atoms with E-state index < -0.39 is 62.0 Å². The van der Waals surface area contributed by atoms with E-state index in [1.165, 1.54) is 64.2 Å². The zero-order chi connectivity index (χ0) is 29.6. The molecule has 0 spiro atoms. The van der Waals surface area contributed by atoms with Crippen LogP contribution in [0.15, 0.2) is 0 Å². The molecule has 0 aliphatic heterocycles. The topological polar surface area (TPSA) is 206 Å². The molecule has 0 aliphatic rings. The van der Waals surface area contributed by atoms with Crippen molar-refractivity contribution in [2.24, 2.45) is 0 Å². The molecule has 0 aromatic rings. The van der Waals surface area contributed by atoms with Crippen LogP contribution in [0.25, 0.3) is 0 Å². The molecule has 0 bridgehead atoms. The second-order valence-electron chi connectivity index (χ2n) is 11.0. The lowest BCUT2D eigenvalue weighted by atomic mass is 10.0. The lowest BCUT2D eigenvalue weighted by Crippen LogP contribution is -2.53. The maximum Gasteiger partial charge on any atom is 0.111 e. The van der Waals surface area contributed by atoms with Crippen molar-refractivity contribution in [3.05, 3.63) is 0 Å². The number of aliphatic hydroxyl groups excluding tert-OH is 10. The zero-order valence-corrected chi connectivity index (χ0v) is 24.0. The summed E-state index contributed by atoms with van der Waals surface area (Å²) in [6.45, 7) is 0.550. The monoisotopic (exact) mass is 569 g/mol. The molecule has 0 radical (unpaired) electrons. The number of unbranched alkanes of at least 4 members (excludes halogenated alkanes) is 13. The maximum atomic E-state index is 10.4. The van der Waals surface area contributed by atoms with Crippen molar-refractivity contribution in [3.63, 3.8) is 0 Å². The molecule has 0 aromatic carbocycles. The summed E-state index contributed by atoms with van der Waals surface area (Å²) in [7, 11) is 0. The molecule has 10 N–H and O–H groups in total. The minimum absolute atomic E-state index is 0.225. The molecule has 0 amide bonds. The van der Waals surface area contributed by atoms with Crippen LogP contribution < -0.4 is 0 Å². The van der Waals surface area contributed by atoms with E-state index >= 15 is 0 Å². The molecule has 11 heteroatoms. The summed E-state index contributed by atoms with van der Waals surface area (Å²) in [5.41, 5.74) is 0. The van der Waals surface area contributed by atoms with Crippen molar-refractivity contribution in [2.45, 2.75) is 146 Å². The Balaban J connectivity index is 4.56. The molecule has 39 heavy (non-hydrogen) atoms. The molecular weight excluding hydrogens is 510 g/mol. The molecule has 8 atom stereocenters. The Morgan fingerprint density at radius 3 is 1.00 bits per heavy atom. The van der Waals surface area contributed by atoms with Gasteiger partial charge in [-0.05, 0) is 13.0 Å². The Morgan fingerprint density at radius 1 is 0.410 bits per heavy atom. The molecule has 0 heterocycles. The van der Waals surface area contributed by atoms with Gasteiger partial charge in [-0.1, -0.05) is 90.4 Å². The minimum Gasteiger partial charge on any atom is -0.394 e. The Bertz CT molecular complexity index is 516. The highest BCUT2D eigenvalue weighted by Crippen LogP contribution is 2.15. The minimum atomic E-state index is -1.79. The highest BCUT2D eigenvalue weighted by molar-refractivity contribution is 4.86. The third-order valence-corrected chi connectivity index (χ3v) is 7.37. The van der Waals surface area contributed by atoms with E-state index in [1.807, 2.05) is 0 Å². The van der Waals surface area contributed by atoms with Gasteiger partial charge in [0.2, 0.25) is 0 Å². The summed E-state index contributed by atoms with van der Waals surface area (Å²) in [5.74, 6) is 0. The van der Waals surface area contributed by atoms with Crippen molar-refractivity contribution in [3.8, 4) is 0 Å². The average molecular weight is 570 g/mol. The average Bonchev–Trinajstić information content (AvgIpc) is 2.94. The Labute approximate surface area is 234 Å². The molecule has 236 valence electrons. The summed E-state index contributed by atoms with van der Waals surface area (Å²) < 4.78 is 0. The van der Waals surface area contributed by atoms with Gasteiger partial charge in [-0.15, -0.1) is 0 Å².